The van der Waals surface area contributed by atoms with E-state index in [1.807, 2.05) is 0 Å². The third-order valence-electron chi connectivity index (χ3n) is 2.54. The maximum atomic E-state index is 11.5. The van der Waals surface area contributed by atoms with E-state index in [-0.39, 0.29) is 12.0 Å². The number of hydroxylamine groups is 1. The minimum absolute atomic E-state index is 0.186. The van der Waals surface area contributed by atoms with Crippen LogP contribution in [0, 0.1) is 0 Å². The summed E-state index contributed by atoms with van der Waals surface area (Å²) in [6.45, 7) is 0. The molecule has 1 aliphatic rings. The second kappa shape index (κ2) is 4.89. The maximum absolute atomic E-state index is 11.5. The minimum atomic E-state index is -0.227. The van der Waals surface area contributed by atoms with Crippen LogP contribution in [0.3, 0.4) is 0 Å². The van der Waals surface area contributed by atoms with E-state index in [1.54, 1.807) is 18.3 Å². The Labute approximate surface area is 88.6 Å². The van der Waals surface area contributed by atoms with Crippen molar-refractivity contribution in [2.75, 3.05) is 0 Å². The molecule has 0 atom stereocenters. The molecule has 1 amide bonds. The molecule has 0 unspecified atom stereocenters. The summed E-state index contributed by atoms with van der Waals surface area (Å²) in [5.74, 6) is -0.227. The van der Waals surface area contributed by atoms with Crippen molar-refractivity contribution in [1.82, 2.24) is 10.5 Å². The molecular formula is C11H14N2O2. The number of hydrogen-bond donors (Lipinski definition) is 1. The van der Waals surface area contributed by atoms with Gasteiger partial charge in [-0.1, -0.05) is 12.8 Å². The third-order valence-corrected chi connectivity index (χ3v) is 2.54. The van der Waals surface area contributed by atoms with Crippen molar-refractivity contribution in [3.63, 3.8) is 0 Å². The average Bonchev–Trinajstić information content (AvgIpc) is 2.80. The first-order valence-corrected chi connectivity index (χ1v) is 5.22. The molecule has 0 spiro atoms. The Morgan fingerprint density at radius 2 is 2.27 bits per heavy atom. The molecule has 1 saturated carbocycles. The number of carbonyl (C=O) groups is 1. The zero-order valence-electron chi connectivity index (χ0n) is 8.48. The lowest BCUT2D eigenvalue weighted by molar-refractivity contribution is -0.0125. The van der Waals surface area contributed by atoms with Gasteiger partial charge in [-0.05, 0) is 25.0 Å². The van der Waals surface area contributed by atoms with Gasteiger partial charge in [0.15, 0.2) is 0 Å². The van der Waals surface area contributed by atoms with E-state index in [9.17, 15) is 4.79 Å². The van der Waals surface area contributed by atoms with E-state index >= 15 is 0 Å². The SMILES string of the molecule is O=C(NOC1CCCC1)c1cccnc1. The lowest BCUT2D eigenvalue weighted by Gasteiger charge is -2.10. The second-order valence-electron chi connectivity index (χ2n) is 3.70. The fourth-order valence-electron chi connectivity index (χ4n) is 1.70. The van der Waals surface area contributed by atoms with Gasteiger partial charge in [0, 0.05) is 12.4 Å². The Morgan fingerprint density at radius 3 is 2.93 bits per heavy atom. The summed E-state index contributed by atoms with van der Waals surface area (Å²) in [6, 6.07) is 3.44. The summed E-state index contributed by atoms with van der Waals surface area (Å²) in [5.41, 5.74) is 2.99. The fourth-order valence-corrected chi connectivity index (χ4v) is 1.70. The number of nitrogens with zero attached hydrogens (tertiary/aromatic N) is 1. The molecule has 2 rings (SSSR count). The van der Waals surface area contributed by atoms with Crippen LogP contribution in [0.1, 0.15) is 36.0 Å². The number of nitrogens with one attached hydrogen (secondary N) is 1. The molecule has 4 nitrogen and oxygen atoms in total. The Balaban J connectivity index is 1.82. The topological polar surface area (TPSA) is 51.2 Å². The van der Waals surface area contributed by atoms with Gasteiger partial charge in [0.2, 0.25) is 0 Å². The van der Waals surface area contributed by atoms with Crippen molar-refractivity contribution in [2.45, 2.75) is 31.8 Å². The standard InChI is InChI=1S/C11H14N2O2/c14-11(9-4-3-7-12-8-9)13-15-10-5-1-2-6-10/h3-4,7-8,10H,1-2,5-6H2,(H,13,14). The second-order valence-corrected chi connectivity index (χ2v) is 3.70. The summed E-state index contributed by atoms with van der Waals surface area (Å²) in [5, 5.41) is 0. The summed E-state index contributed by atoms with van der Waals surface area (Å²) in [7, 11) is 0. The van der Waals surface area contributed by atoms with Gasteiger partial charge in [-0.25, -0.2) is 5.48 Å². The summed E-state index contributed by atoms with van der Waals surface area (Å²) < 4.78 is 0. The first-order valence-electron chi connectivity index (χ1n) is 5.22. The van der Waals surface area contributed by atoms with Gasteiger partial charge < -0.3 is 0 Å². The predicted molar refractivity (Wildman–Crippen MR) is 55.0 cm³/mol. The highest BCUT2D eigenvalue weighted by atomic mass is 16.7. The molecule has 1 fully saturated rings. The lowest BCUT2D eigenvalue weighted by Crippen LogP contribution is -2.28. The molecule has 0 bridgehead atoms. The van der Waals surface area contributed by atoms with Crippen molar-refractivity contribution in [1.29, 1.82) is 0 Å². The molecule has 80 valence electrons. The van der Waals surface area contributed by atoms with Gasteiger partial charge in [-0.2, -0.15) is 0 Å². The Morgan fingerprint density at radius 1 is 1.47 bits per heavy atom. The van der Waals surface area contributed by atoms with Crippen molar-refractivity contribution in [3.8, 4) is 0 Å². The van der Waals surface area contributed by atoms with Crippen molar-refractivity contribution < 1.29 is 9.63 Å². The van der Waals surface area contributed by atoms with E-state index in [0.717, 1.165) is 12.8 Å². The molecule has 0 aromatic carbocycles. The quantitative estimate of drug-likeness (QED) is 0.765. The lowest BCUT2D eigenvalue weighted by atomic mass is 10.3. The first-order chi connectivity index (χ1) is 7.36. The summed E-state index contributed by atoms with van der Waals surface area (Å²) >= 11 is 0. The smallest absolute Gasteiger partial charge is 0.270 e. The number of aromatic nitrogens is 1. The van der Waals surface area contributed by atoms with Gasteiger partial charge in [-0.3, -0.25) is 14.6 Å². The molecule has 1 aromatic rings. The van der Waals surface area contributed by atoms with E-state index < -0.39 is 0 Å². The van der Waals surface area contributed by atoms with Crippen LogP contribution >= 0.6 is 0 Å². The number of hydrogen-bond acceptors (Lipinski definition) is 3. The van der Waals surface area contributed by atoms with Crippen LogP contribution in [0.4, 0.5) is 0 Å². The minimum Gasteiger partial charge on any atom is -0.270 e. The highest BCUT2D eigenvalue weighted by molar-refractivity contribution is 5.92. The van der Waals surface area contributed by atoms with Crippen LogP contribution in [0.2, 0.25) is 0 Å². The average molecular weight is 206 g/mol. The van der Waals surface area contributed by atoms with E-state index in [4.69, 9.17) is 4.84 Å². The Kier molecular flexibility index (Phi) is 3.29. The number of amides is 1. The molecule has 1 aliphatic carbocycles. The summed E-state index contributed by atoms with van der Waals surface area (Å²) in [4.78, 5) is 20.7. The van der Waals surface area contributed by atoms with Crippen molar-refractivity contribution >= 4 is 5.91 Å². The first kappa shape index (κ1) is 10.1. The largest absolute Gasteiger partial charge is 0.276 e. The molecule has 1 aromatic heterocycles. The van der Waals surface area contributed by atoms with Crippen LogP contribution in [-0.4, -0.2) is 17.0 Å². The maximum Gasteiger partial charge on any atom is 0.276 e. The summed E-state index contributed by atoms with van der Waals surface area (Å²) in [6.07, 6.45) is 7.79. The van der Waals surface area contributed by atoms with Gasteiger partial charge in [0.25, 0.3) is 5.91 Å². The molecule has 1 N–H and O–H groups in total. The zero-order chi connectivity index (χ0) is 10.5. The third kappa shape index (κ3) is 2.76. The zero-order valence-corrected chi connectivity index (χ0v) is 8.48. The van der Waals surface area contributed by atoms with Crippen molar-refractivity contribution in [2.24, 2.45) is 0 Å². The molecular weight excluding hydrogens is 192 g/mol. The monoisotopic (exact) mass is 206 g/mol. The van der Waals surface area contributed by atoms with Crippen LogP contribution in [0.15, 0.2) is 24.5 Å². The van der Waals surface area contributed by atoms with Crippen LogP contribution < -0.4 is 5.48 Å². The van der Waals surface area contributed by atoms with Gasteiger partial charge in [0.05, 0.1) is 11.7 Å². The van der Waals surface area contributed by atoms with Gasteiger partial charge in [0.1, 0.15) is 0 Å². The molecule has 4 heteroatoms. The fraction of sp³-hybridized carbons (Fsp3) is 0.455. The Bertz CT molecular complexity index is 321. The molecule has 0 saturated heterocycles. The van der Waals surface area contributed by atoms with Crippen molar-refractivity contribution in [3.05, 3.63) is 30.1 Å². The normalized spacial score (nSPS) is 16.5. The highest BCUT2D eigenvalue weighted by Gasteiger charge is 2.17. The number of pyridine rings is 1. The van der Waals surface area contributed by atoms with Crippen LogP contribution in [0.25, 0.3) is 0 Å². The highest BCUT2D eigenvalue weighted by Crippen LogP contribution is 2.19. The molecule has 15 heavy (non-hydrogen) atoms. The van der Waals surface area contributed by atoms with Gasteiger partial charge >= 0.3 is 0 Å². The van der Waals surface area contributed by atoms with E-state index in [2.05, 4.69) is 10.5 Å². The van der Waals surface area contributed by atoms with Gasteiger partial charge in [-0.15, -0.1) is 0 Å². The number of carbonyl (C=O) groups excluding carboxylic acids is 1. The Hall–Kier alpha value is -1.42. The molecule has 1 heterocycles. The van der Waals surface area contributed by atoms with E-state index in [1.165, 1.54) is 19.0 Å². The van der Waals surface area contributed by atoms with E-state index in [0.29, 0.717) is 5.56 Å². The van der Waals surface area contributed by atoms with Crippen LogP contribution in [0.5, 0.6) is 0 Å². The number of rotatable bonds is 3. The van der Waals surface area contributed by atoms with Crippen LogP contribution in [-0.2, 0) is 4.84 Å². The molecule has 0 aliphatic heterocycles. The predicted octanol–water partition coefficient (Wildman–Crippen LogP) is 1.69. The molecule has 0 radical (unpaired) electrons.